The van der Waals surface area contributed by atoms with Crippen LogP contribution in [-0.4, -0.2) is 25.4 Å². The number of fused-ring (bicyclic) bond motifs is 1. The van der Waals surface area contributed by atoms with Crippen LogP contribution in [0.25, 0.3) is 11.0 Å². The SMILES string of the molecule is COc1cc([C@@H](C)NCc2cc3ccccc3o2)ccc1OCCO. The number of hydrogen-bond acceptors (Lipinski definition) is 5. The number of aliphatic hydroxyl groups excluding tert-OH is 1. The van der Waals surface area contributed by atoms with E-state index >= 15 is 0 Å². The molecule has 2 N–H and O–H groups in total. The number of benzene rings is 2. The van der Waals surface area contributed by atoms with Crippen molar-refractivity contribution in [3.05, 3.63) is 59.9 Å². The maximum Gasteiger partial charge on any atom is 0.161 e. The number of furan rings is 1. The van der Waals surface area contributed by atoms with Gasteiger partial charge < -0.3 is 24.3 Å². The van der Waals surface area contributed by atoms with Crippen LogP contribution in [0.2, 0.25) is 0 Å². The van der Waals surface area contributed by atoms with E-state index in [0.717, 1.165) is 22.3 Å². The maximum atomic E-state index is 8.88. The van der Waals surface area contributed by atoms with Crippen molar-refractivity contribution in [1.29, 1.82) is 0 Å². The molecule has 0 bridgehead atoms. The predicted molar refractivity (Wildman–Crippen MR) is 97.0 cm³/mol. The first kappa shape index (κ1) is 17.3. The van der Waals surface area contributed by atoms with E-state index < -0.39 is 0 Å². The monoisotopic (exact) mass is 341 g/mol. The molecular formula is C20H23NO4. The molecule has 3 rings (SSSR count). The number of methoxy groups -OCH3 is 1. The van der Waals surface area contributed by atoms with Crippen LogP contribution in [0.1, 0.15) is 24.3 Å². The van der Waals surface area contributed by atoms with E-state index in [-0.39, 0.29) is 19.3 Å². The minimum absolute atomic E-state index is 0.0274. The lowest BCUT2D eigenvalue weighted by Gasteiger charge is -2.16. The van der Waals surface area contributed by atoms with Gasteiger partial charge in [0.2, 0.25) is 0 Å². The number of para-hydroxylation sites is 1. The van der Waals surface area contributed by atoms with Gasteiger partial charge in [-0.25, -0.2) is 0 Å². The number of aliphatic hydroxyl groups is 1. The van der Waals surface area contributed by atoms with Gasteiger partial charge in [-0.15, -0.1) is 0 Å². The van der Waals surface area contributed by atoms with Gasteiger partial charge in [0.05, 0.1) is 20.3 Å². The molecule has 0 fully saturated rings. The third-order valence-corrected chi connectivity index (χ3v) is 4.10. The number of rotatable bonds is 8. The van der Waals surface area contributed by atoms with Crippen LogP contribution < -0.4 is 14.8 Å². The highest BCUT2D eigenvalue weighted by Crippen LogP contribution is 2.30. The fourth-order valence-electron chi connectivity index (χ4n) is 2.72. The Morgan fingerprint density at radius 3 is 2.72 bits per heavy atom. The van der Waals surface area contributed by atoms with Gasteiger partial charge in [0.1, 0.15) is 18.0 Å². The summed E-state index contributed by atoms with van der Waals surface area (Å²) < 4.78 is 16.7. The van der Waals surface area contributed by atoms with Gasteiger partial charge in [-0.3, -0.25) is 0 Å². The summed E-state index contributed by atoms with van der Waals surface area (Å²) in [4.78, 5) is 0. The molecule has 0 aliphatic carbocycles. The third kappa shape index (κ3) is 4.13. The van der Waals surface area contributed by atoms with Gasteiger partial charge in [0, 0.05) is 11.4 Å². The highest BCUT2D eigenvalue weighted by Gasteiger charge is 2.11. The first-order valence-electron chi connectivity index (χ1n) is 8.33. The average molecular weight is 341 g/mol. The molecule has 132 valence electrons. The smallest absolute Gasteiger partial charge is 0.161 e. The Morgan fingerprint density at radius 2 is 1.96 bits per heavy atom. The quantitative estimate of drug-likeness (QED) is 0.655. The van der Waals surface area contributed by atoms with Crippen molar-refractivity contribution in [2.24, 2.45) is 0 Å². The fraction of sp³-hybridized carbons (Fsp3) is 0.300. The number of nitrogens with one attached hydrogen (secondary N) is 1. The average Bonchev–Trinajstić information content (AvgIpc) is 3.07. The summed E-state index contributed by atoms with van der Waals surface area (Å²) in [5.74, 6) is 2.19. The van der Waals surface area contributed by atoms with Crippen LogP contribution in [0.3, 0.4) is 0 Å². The van der Waals surface area contributed by atoms with E-state index in [0.29, 0.717) is 18.0 Å². The largest absolute Gasteiger partial charge is 0.493 e. The normalized spacial score (nSPS) is 12.3. The van der Waals surface area contributed by atoms with Crippen LogP contribution in [0, 0.1) is 0 Å². The topological polar surface area (TPSA) is 63.9 Å². The van der Waals surface area contributed by atoms with Gasteiger partial charge in [-0.2, -0.15) is 0 Å². The van der Waals surface area contributed by atoms with Crippen LogP contribution in [0.15, 0.2) is 52.9 Å². The molecule has 25 heavy (non-hydrogen) atoms. The summed E-state index contributed by atoms with van der Waals surface area (Å²) in [6.45, 7) is 2.95. The van der Waals surface area contributed by atoms with Gasteiger partial charge in [0.25, 0.3) is 0 Å². The molecule has 0 aliphatic rings. The predicted octanol–water partition coefficient (Wildman–Crippen LogP) is 3.66. The Balaban J connectivity index is 1.66. The van der Waals surface area contributed by atoms with Crippen LogP contribution in [0.5, 0.6) is 11.5 Å². The molecular weight excluding hydrogens is 318 g/mol. The minimum atomic E-state index is -0.0274. The molecule has 0 radical (unpaired) electrons. The van der Waals surface area contributed by atoms with E-state index in [1.54, 1.807) is 7.11 Å². The zero-order valence-corrected chi connectivity index (χ0v) is 14.5. The lowest BCUT2D eigenvalue weighted by atomic mass is 10.1. The summed E-state index contributed by atoms with van der Waals surface area (Å²) in [6, 6.07) is 16.0. The molecule has 0 aliphatic heterocycles. The van der Waals surface area contributed by atoms with Gasteiger partial charge in [-0.05, 0) is 36.8 Å². The maximum absolute atomic E-state index is 8.88. The lowest BCUT2D eigenvalue weighted by molar-refractivity contribution is 0.196. The molecule has 5 nitrogen and oxygen atoms in total. The first-order chi connectivity index (χ1) is 12.2. The van der Waals surface area contributed by atoms with Crippen LogP contribution in [0.4, 0.5) is 0 Å². The van der Waals surface area contributed by atoms with E-state index in [9.17, 15) is 0 Å². The van der Waals surface area contributed by atoms with Crippen molar-refractivity contribution in [1.82, 2.24) is 5.32 Å². The van der Waals surface area contributed by atoms with Crippen molar-refractivity contribution < 1.29 is 19.0 Å². The molecule has 1 aromatic heterocycles. The van der Waals surface area contributed by atoms with Gasteiger partial charge in [0.15, 0.2) is 11.5 Å². The minimum Gasteiger partial charge on any atom is -0.493 e. The number of ether oxygens (including phenoxy) is 2. The van der Waals surface area contributed by atoms with Gasteiger partial charge in [-0.1, -0.05) is 24.3 Å². The lowest BCUT2D eigenvalue weighted by Crippen LogP contribution is -2.17. The standard InChI is InChI=1S/C20H23NO4/c1-14(15-7-8-19(24-10-9-22)20(12-15)23-2)21-13-17-11-16-5-3-4-6-18(16)25-17/h3-8,11-12,14,21-22H,9-10,13H2,1-2H3/t14-/m1/s1. The van der Waals surface area contributed by atoms with Crippen molar-refractivity contribution in [3.63, 3.8) is 0 Å². The molecule has 5 heteroatoms. The summed E-state index contributed by atoms with van der Waals surface area (Å²) in [6.07, 6.45) is 0. The van der Waals surface area contributed by atoms with Crippen molar-refractivity contribution in [2.45, 2.75) is 19.5 Å². The van der Waals surface area contributed by atoms with E-state index in [4.69, 9.17) is 19.0 Å². The van der Waals surface area contributed by atoms with Crippen LogP contribution >= 0.6 is 0 Å². The van der Waals surface area contributed by atoms with Crippen molar-refractivity contribution in [3.8, 4) is 11.5 Å². The molecule has 3 aromatic rings. The molecule has 0 amide bonds. The Kier molecular flexibility index (Phi) is 5.58. The second-order valence-corrected chi connectivity index (χ2v) is 5.84. The molecule has 0 saturated carbocycles. The second kappa shape index (κ2) is 8.05. The summed E-state index contributed by atoms with van der Waals surface area (Å²) in [7, 11) is 1.61. The molecule has 2 aromatic carbocycles. The molecule has 0 unspecified atom stereocenters. The highest BCUT2D eigenvalue weighted by molar-refractivity contribution is 5.77. The molecule has 1 atom stereocenters. The first-order valence-corrected chi connectivity index (χ1v) is 8.33. The fourth-order valence-corrected chi connectivity index (χ4v) is 2.72. The Morgan fingerprint density at radius 1 is 1.12 bits per heavy atom. The molecule has 0 spiro atoms. The number of hydrogen-bond donors (Lipinski definition) is 2. The summed E-state index contributed by atoms with van der Waals surface area (Å²) in [5, 5.41) is 13.5. The van der Waals surface area contributed by atoms with Crippen molar-refractivity contribution >= 4 is 11.0 Å². The highest BCUT2D eigenvalue weighted by atomic mass is 16.5. The second-order valence-electron chi connectivity index (χ2n) is 5.84. The van der Waals surface area contributed by atoms with Crippen molar-refractivity contribution in [2.75, 3.05) is 20.3 Å². The van der Waals surface area contributed by atoms with Gasteiger partial charge >= 0.3 is 0 Å². The van der Waals surface area contributed by atoms with E-state index in [1.165, 1.54) is 0 Å². The Labute approximate surface area is 147 Å². The summed E-state index contributed by atoms with van der Waals surface area (Å²) >= 11 is 0. The molecule has 0 saturated heterocycles. The van der Waals surface area contributed by atoms with E-state index in [1.807, 2.05) is 42.5 Å². The van der Waals surface area contributed by atoms with E-state index in [2.05, 4.69) is 18.3 Å². The Bertz CT molecular complexity index is 794. The summed E-state index contributed by atoms with van der Waals surface area (Å²) in [5.41, 5.74) is 1.99. The van der Waals surface area contributed by atoms with Crippen LogP contribution in [-0.2, 0) is 6.54 Å². The molecule has 1 heterocycles. The third-order valence-electron chi connectivity index (χ3n) is 4.10. The zero-order valence-electron chi connectivity index (χ0n) is 14.5. The zero-order chi connectivity index (χ0) is 17.6. The Hall–Kier alpha value is -2.50.